The van der Waals surface area contributed by atoms with E-state index in [1.165, 1.54) is 0 Å². The van der Waals surface area contributed by atoms with Crippen LogP contribution in [0.3, 0.4) is 0 Å². The summed E-state index contributed by atoms with van der Waals surface area (Å²) in [4.78, 5) is 2.44. The number of rotatable bonds is 6. The molecule has 0 radical (unpaired) electrons. The molecule has 2 rings (SSSR count). The van der Waals surface area contributed by atoms with Gasteiger partial charge in [-0.3, -0.25) is 4.68 Å². The number of ether oxygens (including phenoxy) is 1. The van der Waals surface area contributed by atoms with E-state index in [4.69, 9.17) is 4.74 Å². The lowest BCUT2D eigenvalue weighted by molar-refractivity contribution is -0.145. The maximum Gasteiger partial charge on any atom is 0.0655 e. The molecular formula is C14H25N3O. The van der Waals surface area contributed by atoms with Gasteiger partial charge in [0.15, 0.2) is 0 Å². The Hall–Kier alpha value is -0.870. The van der Waals surface area contributed by atoms with E-state index >= 15 is 0 Å². The second-order valence-electron chi connectivity index (χ2n) is 5.77. The van der Waals surface area contributed by atoms with Crippen molar-refractivity contribution in [2.75, 3.05) is 20.2 Å². The molecule has 1 saturated carbocycles. The molecule has 0 spiro atoms. The third-order valence-electron chi connectivity index (χ3n) is 4.27. The second-order valence-corrected chi connectivity index (χ2v) is 5.77. The Kier molecular flexibility index (Phi) is 4.07. The van der Waals surface area contributed by atoms with E-state index in [-0.39, 0.29) is 5.41 Å². The molecule has 0 N–H and O–H groups in total. The first-order valence-electron chi connectivity index (χ1n) is 6.85. The quantitative estimate of drug-likeness (QED) is 0.775. The summed E-state index contributed by atoms with van der Waals surface area (Å²) < 4.78 is 7.77. The molecular weight excluding hydrogens is 226 g/mol. The molecule has 0 amide bonds. The highest BCUT2D eigenvalue weighted by Crippen LogP contribution is 2.45. The molecule has 2 atom stereocenters. The lowest BCUT2D eigenvalue weighted by atomic mass is 9.64. The molecule has 1 aromatic heterocycles. The Balaban J connectivity index is 1.82. The zero-order valence-corrected chi connectivity index (χ0v) is 12.0. The Morgan fingerprint density at radius 1 is 1.50 bits per heavy atom. The molecule has 18 heavy (non-hydrogen) atoms. The lowest BCUT2D eigenvalue weighted by Gasteiger charge is -2.55. The van der Waals surface area contributed by atoms with E-state index in [0.717, 1.165) is 26.1 Å². The molecule has 0 aliphatic heterocycles. The first-order chi connectivity index (χ1) is 8.55. The van der Waals surface area contributed by atoms with Crippen LogP contribution in [0, 0.1) is 5.41 Å². The van der Waals surface area contributed by atoms with Crippen molar-refractivity contribution in [3.8, 4) is 0 Å². The number of nitrogens with zero attached hydrogens (tertiary/aromatic N) is 3. The fraction of sp³-hybridized carbons (Fsp3) is 0.786. The van der Waals surface area contributed by atoms with Crippen LogP contribution >= 0.6 is 0 Å². The van der Waals surface area contributed by atoms with Crippen LogP contribution in [-0.2, 0) is 11.3 Å². The highest BCUT2D eigenvalue weighted by atomic mass is 16.5. The average molecular weight is 251 g/mol. The van der Waals surface area contributed by atoms with Crippen LogP contribution in [0.25, 0.3) is 0 Å². The molecule has 0 unspecified atom stereocenters. The van der Waals surface area contributed by atoms with Gasteiger partial charge in [0.1, 0.15) is 0 Å². The predicted molar refractivity (Wildman–Crippen MR) is 72.5 cm³/mol. The molecule has 1 aromatic rings. The summed E-state index contributed by atoms with van der Waals surface area (Å²) in [6, 6.07) is 2.59. The van der Waals surface area contributed by atoms with Crippen LogP contribution in [0.2, 0.25) is 0 Å². The van der Waals surface area contributed by atoms with E-state index in [1.54, 1.807) is 0 Å². The van der Waals surface area contributed by atoms with Crippen molar-refractivity contribution in [1.82, 2.24) is 14.7 Å². The van der Waals surface area contributed by atoms with Gasteiger partial charge in [0, 0.05) is 37.0 Å². The Morgan fingerprint density at radius 3 is 2.83 bits per heavy atom. The second kappa shape index (κ2) is 5.41. The summed E-state index contributed by atoms with van der Waals surface area (Å²) in [5, 5.41) is 4.24. The van der Waals surface area contributed by atoms with Crippen LogP contribution < -0.4 is 0 Å². The summed E-state index contributed by atoms with van der Waals surface area (Å²) >= 11 is 0. The molecule has 1 aliphatic rings. The van der Waals surface area contributed by atoms with Crippen LogP contribution in [0.1, 0.15) is 27.2 Å². The molecule has 0 aromatic carbocycles. The maximum absolute atomic E-state index is 5.78. The Bertz CT molecular complexity index is 361. The molecule has 1 heterocycles. The smallest absolute Gasteiger partial charge is 0.0655 e. The summed E-state index contributed by atoms with van der Waals surface area (Å²) in [5.41, 5.74) is 0.259. The highest BCUT2D eigenvalue weighted by molar-refractivity contribution is 5.03. The van der Waals surface area contributed by atoms with Crippen molar-refractivity contribution in [2.24, 2.45) is 5.41 Å². The first kappa shape index (κ1) is 13.6. The molecule has 4 nitrogen and oxygen atoms in total. The zero-order valence-electron chi connectivity index (χ0n) is 12.0. The van der Waals surface area contributed by atoms with Gasteiger partial charge in [0.2, 0.25) is 0 Å². The molecule has 4 heteroatoms. The third kappa shape index (κ3) is 2.59. The molecule has 1 fully saturated rings. The minimum atomic E-state index is 0.259. The van der Waals surface area contributed by atoms with E-state index in [2.05, 4.69) is 37.8 Å². The van der Waals surface area contributed by atoms with Gasteiger partial charge in [0.25, 0.3) is 0 Å². The summed E-state index contributed by atoms with van der Waals surface area (Å²) in [6.45, 7) is 9.50. The fourth-order valence-electron chi connectivity index (χ4n) is 2.95. The zero-order chi connectivity index (χ0) is 13.2. The van der Waals surface area contributed by atoms with Gasteiger partial charge in [-0.15, -0.1) is 0 Å². The SMILES string of the molecule is CCO[C@@H]1C[C@H](N(C)CCn2cccn2)C1(C)C. The van der Waals surface area contributed by atoms with Crippen molar-refractivity contribution in [3.63, 3.8) is 0 Å². The predicted octanol–water partition coefficient (Wildman–Crippen LogP) is 2.02. The van der Waals surface area contributed by atoms with Crippen molar-refractivity contribution < 1.29 is 4.74 Å². The van der Waals surface area contributed by atoms with Gasteiger partial charge >= 0.3 is 0 Å². The summed E-state index contributed by atoms with van der Waals surface area (Å²) in [5.74, 6) is 0. The third-order valence-corrected chi connectivity index (χ3v) is 4.27. The summed E-state index contributed by atoms with van der Waals surface area (Å²) in [7, 11) is 2.21. The van der Waals surface area contributed by atoms with Gasteiger partial charge < -0.3 is 9.64 Å². The minimum absolute atomic E-state index is 0.259. The van der Waals surface area contributed by atoms with Crippen LogP contribution in [0.4, 0.5) is 0 Å². The van der Waals surface area contributed by atoms with Gasteiger partial charge in [-0.05, 0) is 26.5 Å². The largest absolute Gasteiger partial charge is 0.378 e. The van der Waals surface area contributed by atoms with Gasteiger partial charge in [-0.25, -0.2) is 0 Å². The lowest BCUT2D eigenvalue weighted by Crippen LogP contribution is -2.61. The number of hydrogen-bond donors (Lipinski definition) is 0. The summed E-state index contributed by atoms with van der Waals surface area (Å²) in [6.07, 6.45) is 5.41. The van der Waals surface area contributed by atoms with Crippen molar-refractivity contribution >= 4 is 0 Å². The standard InChI is InChI=1S/C14H25N3O/c1-5-18-13-11-12(14(13,2)3)16(4)9-10-17-8-6-7-15-17/h6-8,12-13H,5,9-11H2,1-4H3/t12-,13+/m0/s1. The van der Waals surface area contributed by atoms with Crippen LogP contribution in [-0.4, -0.2) is 47.0 Å². The fourth-order valence-corrected chi connectivity index (χ4v) is 2.95. The first-order valence-corrected chi connectivity index (χ1v) is 6.85. The van der Waals surface area contributed by atoms with Crippen LogP contribution in [0.15, 0.2) is 18.5 Å². The average Bonchev–Trinajstić information content (AvgIpc) is 2.84. The van der Waals surface area contributed by atoms with E-state index < -0.39 is 0 Å². The van der Waals surface area contributed by atoms with E-state index in [9.17, 15) is 0 Å². The number of hydrogen-bond acceptors (Lipinski definition) is 3. The van der Waals surface area contributed by atoms with E-state index in [1.807, 2.05) is 23.1 Å². The van der Waals surface area contributed by atoms with Crippen LogP contribution in [0.5, 0.6) is 0 Å². The molecule has 0 saturated heterocycles. The van der Waals surface area contributed by atoms with E-state index in [0.29, 0.717) is 12.1 Å². The van der Waals surface area contributed by atoms with Crippen molar-refractivity contribution in [3.05, 3.63) is 18.5 Å². The highest BCUT2D eigenvalue weighted by Gasteiger charge is 2.50. The minimum Gasteiger partial charge on any atom is -0.378 e. The Morgan fingerprint density at radius 2 is 2.28 bits per heavy atom. The van der Waals surface area contributed by atoms with Gasteiger partial charge in [-0.1, -0.05) is 13.8 Å². The van der Waals surface area contributed by atoms with Crippen molar-refractivity contribution in [1.29, 1.82) is 0 Å². The number of likely N-dealkylation sites (N-methyl/N-ethyl adjacent to an activating group) is 1. The Labute approximate surface area is 110 Å². The van der Waals surface area contributed by atoms with Gasteiger partial charge in [0.05, 0.1) is 12.6 Å². The van der Waals surface area contributed by atoms with Gasteiger partial charge in [-0.2, -0.15) is 5.10 Å². The topological polar surface area (TPSA) is 30.3 Å². The monoisotopic (exact) mass is 251 g/mol. The number of aromatic nitrogens is 2. The van der Waals surface area contributed by atoms with Crippen molar-refractivity contribution in [2.45, 2.75) is 45.9 Å². The maximum atomic E-state index is 5.78. The molecule has 1 aliphatic carbocycles. The molecule has 102 valence electrons. The normalized spacial score (nSPS) is 26.3. The molecule has 0 bridgehead atoms.